The molecule has 3 heterocycles. The lowest BCUT2D eigenvalue weighted by molar-refractivity contribution is -0.131. The molecule has 1 saturated heterocycles. The van der Waals surface area contributed by atoms with E-state index in [1.54, 1.807) is 35.9 Å². The number of hydrogen-bond donors (Lipinski definition) is 0. The van der Waals surface area contributed by atoms with Gasteiger partial charge in [-0.05, 0) is 18.6 Å². The average Bonchev–Trinajstić information content (AvgIpc) is 3.14. The number of sulfonamides is 1. The standard InChI is InChI=1S/C19H21N5O5S/c1-21-11-16(20-13-21)30(28,29)23-8-4-7-22(9-10-23)17(25)12-24-18(26)14-5-2-3-6-15(14)19(24)27/h2-3,5-6,11,13H,4,7-10,12H2,1H3. The lowest BCUT2D eigenvalue weighted by Crippen LogP contribution is -2.44. The molecule has 0 aliphatic carbocycles. The van der Waals surface area contributed by atoms with Crippen molar-refractivity contribution in [2.24, 2.45) is 7.05 Å². The van der Waals surface area contributed by atoms with Crippen LogP contribution in [0.25, 0.3) is 0 Å². The molecule has 3 amide bonds. The second-order valence-corrected chi connectivity index (χ2v) is 9.14. The van der Waals surface area contributed by atoms with Crippen molar-refractivity contribution in [2.45, 2.75) is 11.4 Å². The monoisotopic (exact) mass is 431 g/mol. The molecule has 30 heavy (non-hydrogen) atoms. The maximum absolute atomic E-state index is 12.8. The molecule has 0 bridgehead atoms. The van der Waals surface area contributed by atoms with Gasteiger partial charge in [0, 0.05) is 39.4 Å². The van der Waals surface area contributed by atoms with Gasteiger partial charge in [-0.2, -0.15) is 4.31 Å². The van der Waals surface area contributed by atoms with Gasteiger partial charge in [-0.3, -0.25) is 19.3 Å². The third-order valence-electron chi connectivity index (χ3n) is 5.26. The first-order valence-corrected chi connectivity index (χ1v) is 10.9. The van der Waals surface area contributed by atoms with Crippen molar-refractivity contribution in [2.75, 3.05) is 32.7 Å². The average molecular weight is 431 g/mol. The molecule has 1 aromatic heterocycles. The van der Waals surface area contributed by atoms with Crippen molar-refractivity contribution in [3.05, 3.63) is 47.9 Å². The summed E-state index contributed by atoms with van der Waals surface area (Å²) in [5, 5.41) is -0.0317. The van der Waals surface area contributed by atoms with E-state index in [4.69, 9.17) is 0 Å². The molecule has 2 aliphatic rings. The maximum Gasteiger partial charge on any atom is 0.262 e. The minimum atomic E-state index is -3.75. The number of amides is 3. The van der Waals surface area contributed by atoms with Crippen LogP contribution in [0.4, 0.5) is 0 Å². The highest BCUT2D eigenvalue weighted by Gasteiger charge is 2.37. The smallest absolute Gasteiger partial charge is 0.262 e. The number of carbonyl (C=O) groups is 3. The second-order valence-electron chi connectivity index (χ2n) is 7.26. The largest absolute Gasteiger partial charge is 0.340 e. The van der Waals surface area contributed by atoms with Crippen molar-refractivity contribution in [1.82, 2.24) is 23.7 Å². The van der Waals surface area contributed by atoms with Gasteiger partial charge >= 0.3 is 0 Å². The van der Waals surface area contributed by atoms with Gasteiger partial charge < -0.3 is 9.47 Å². The van der Waals surface area contributed by atoms with Crippen LogP contribution in [0.1, 0.15) is 27.1 Å². The van der Waals surface area contributed by atoms with Gasteiger partial charge in [-0.25, -0.2) is 13.4 Å². The predicted octanol–water partition coefficient (Wildman–Crippen LogP) is -0.0607. The van der Waals surface area contributed by atoms with Crippen LogP contribution in [0.2, 0.25) is 0 Å². The first-order chi connectivity index (χ1) is 14.3. The molecule has 0 spiro atoms. The topological polar surface area (TPSA) is 113 Å². The maximum atomic E-state index is 12.8. The number of imide groups is 1. The van der Waals surface area contributed by atoms with Crippen molar-refractivity contribution in [3.63, 3.8) is 0 Å². The van der Waals surface area contributed by atoms with E-state index < -0.39 is 21.8 Å². The summed E-state index contributed by atoms with van der Waals surface area (Å²) in [5.41, 5.74) is 0.581. The highest BCUT2D eigenvalue weighted by molar-refractivity contribution is 7.89. The van der Waals surface area contributed by atoms with E-state index in [9.17, 15) is 22.8 Å². The molecular formula is C19H21N5O5S. The number of benzene rings is 1. The Hall–Kier alpha value is -3.05. The first kappa shape index (κ1) is 20.2. The molecule has 158 valence electrons. The Labute approximate surface area is 173 Å². The highest BCUT2D eigenvalue weighted by Crippen LogP contribution is 2.22. The Bertz CT molecular complexity index is 1090. The van der Waals surface area contributed by atoms with Crippen molar-refractivity contribution < 1.29 is 22.8 Å². The first-order valence-electron chi connectivity index (χ1n) is 9.50. The molecule has 0 atom stereocenters. The van der Waals surface area contributed by atoms with Crippen LogP contribution >= 0.6 is 0 Å². The number of fused-ring (bicyclic) bond motifs is 1. The van der Waals surface area contributed by atoms with Crippen LogP contribution < -0.4 is 0 Å². The SMILES string of the molecule is Cn1cnc(S(=O)(=O)N2CCCN(C(=O)CN3C(=O)c4ccccc4C3=O)CC2)c1. The Morgan fingerprint density at radius 2 is 1.70 bits per heavy atom. The van der Waals surface area contributed by atoms with Gasteiger partial charge in [-0.1, -0.05) is 12.1 Å². The zero-order valence-electron chi connectivity index (χ0n) is 16.4. The lowest BCUT2D eigenvalue weighted by Gasteiger charge is -2.23. The molecule has 0 N–H and O–H groups in total. The summed E-state index contributed by atoms with van der Waals surface area (Å²) in [6.07, 6.45) is 3.30. The van der Waals surface area contributed by atoms with Crippen LogP contribution in [0, 0.1) is 0 Å². The zero-order valence-corrected chi connectivity index (χ0v) is 17.2. The Morgan fingerprint density at radius 1 is 1.03 bits per heavy atom. The van der Waals surface area contributed by atoms with Gasteiger partial charge in [0.2, 0.25) is 5.91 Å². The summed E-state index contributed by atoms with van der Waals surface area (Å²) in [5.74, 6) is -1.36. The molecular weight excluding hydrogens is 410 g/mol. The molecule has 4 rings (SSSR count). The number of aromatic nitrogens is 2. The van der Waals surface area contributed by atoms with E-state index in [2.05, 4.69) is 4.98 Å². The van der Waals surface area contributed by atoms with E-state index in [-0.39, 0.29) is 37.1 Å². The van der Waals surface area contributed by atoms with Crippen LogP contribution in [-0.2, 0) is 21.9 Å². The number of rotatable bonds is 4. The summed E-state index contributed by atoms with van der Waals surface area (Å²) in [6, 6.07) is 6.46. The van der Waals surface area contributed by atoms with Gasteiger partial charge in [0.1, 0.15) is 6.54 Å². The van der Waals surface area contributed by atoms with Gasteiger partial charge in [0.25, 0.3) is 21.8 Å². The normalized spacial score (nSPS) is 17.9. The van der Waals surface area contributed by atoms with E-state index in [1.807, 2.05) is 0 Å². The van der Waals surface area contributed by atoms with E-state index in [1.165, 1.54) is 21.7 Å². The van der Waals surface area contributed by atoms with E-state index >= 15 is 0 Å². The quantitative estimate of drug-likeness (QED) is 0.627. The summed E-state index contributed by atoms with van der Waals surface area (Å²) >= 11 is 0. The summed E-state index contributed by atoms with van der Waals surface area (Å²) in [6.45, 7) is 0.534. The number of hydrogen-bond acceptors (Lipinski definition) is 6. The third-order valence-corrected chi connectivity index (χ3v) is 7.05. The van der Waals surface area contributed by atoms with Crippen LogP contribution in [0.15, 0.2) is 41.8 Å². The van der Waals surface area contributed by atoms with Crippen molar-refractivity contribution in [3.8, 4) is 0 Å². The Balaban J connectivity index is 1.42. The zero-order chi connectivity index (χ0) is 21.5. The van der Waals surface area contributed by atoms with Gasteiger partial charge in [-0.15, -0.1) is 0 Å². The molecule has 1 aromatic carbocycles. The minimum Gasteiger partial charge on any atom is -0.340 e. The fraction of sp³-hybridized carbons (Fsp3) is 0.368. The molecule has 11 heteroatoms. The third kappa shape index (κ3) is 3.50. The molecule has 1 fully saturated rings. The van der Waals surface area contributed by atoms with Gasteiger partial charge in [0.15, 0.2) is 5.03 Å². The molecule has 2 aromatic rings. The highest BCUT2D eigenvalue weighted by atomic mass is 32.2. The fourth-order valence-electron chi connectivity index (χ4n) is 3.66. The van der Waals surface area contributed by atoms with E-state index in [0.29, 0.717) is 24.1 Å². The Kier molecular flexibility index (Phi) is 5.16. The number of nitrogens with zero attached hydrogens (tertiary/aromatic N) is 5. The summed E-state index contributed by atoms with van der Waals surface area (Å²) < 4.78 is 28.4. The van der Waals surface area contributed by atoms with Crippen LogP contribution in [0.5, 0.6) is 0 Å². The van der Waals surface area contributed by atoms with Gasteiger partial charge in [0.05, 0.1) is 17.5 Å². The molecule has 0 radical (unpaired) electrons. The number of aryl methyl sites for hydroxylation is 1. The minimum absolute atomic E-state index is 0.0317. The molecule has 2 aliphatic heterocycles. The number of carbonyl (C=O) groups excluding carboxylic acids is 3. The fourth-order valence-corrected chi connectivity index (χ4v) is 5.09. The number of imidazole rings is 1. The predicted molar refractivity (Wildman–Crippen MR) is 105 cm³/mol. The molecule has 10 nitrogen and oxygen atoms in total. The summed E-state index contributed by atoms with van der Waals surface area (Å²) in [4.78, 5) is 44.1. The Morgan fingerprint density at radius 3 is 2.30 bits per heavy atom. The second kappa shape index (κ2) is 7.65. The summed E-state index contributed by atoms with van der Waals surface area (Å²) in [7, 11) is -2.06. The lowest BCUT2D eigenvalue weighted by atomic mass is 10.1. The molecule has 0 saturated carbocycles. The van der Waals surface area contributed by atoms with Crippen molar-refractivity contribution in [1.29, 1.82) is 0 Å². The van der Waals surface area contributed by atoms with Crippen LogP contribution in [0.3, 0.4) is 0 Å². The van der Waals surface area contributed by atoms with Crippen LogP contribution in [-0.4, -0.2) is 82.5 Å². The molecule has 0 unspecified atom stereocenters. The van der Waals surface area contributed by atoms with Crippen molar-refractivity contribution >= 4 is 27.7 Å². The van der Waals surface area contributed by atoms with E-state index in [0.717, 1.165) is 4.90 Å².